The van der Waals surface area contributed by atoms with Crippen molar-refractivity contribution < 1.29 is 19.4 Å². The molecule has 0 unspecified atom stereocenters. The summed E-state index contributed by atoms with van der Waals surface area (Å²) >= 11 is 0. The molecule has 0 atom stereocenters. The number of aromatic hydroxyl groups is 1. The maximum atomic E-state index is 10.7. The molecule has 1 rings (SSSR count). The van der Waals surface area contributed by atoms with Crippen molar-refractivity contribution in [2.75, 3.05) is 13.7 Å². The van der Waals surface area contributed by atoms with Crippen molar-refractivity contribution >= 4 is 6.29 Å². The molecule has 4 nitrogen and oxygen atoms in total. The van der Waals surface area contributed by atoms with Crippen LogP contribution in [-0.2, 0) is 0 Å². The van der Waals surface area contributed by atoms with Gasteiger partial charge in [-0.15, -0.1) is 0 Å². The Kier molecular flexibility index (Phi) is 3.34. The number of carbonyl (C=O) groups is 1. The first-order valence-electron chi connectivity index (χ1n) is 4.22. The summed E-state index contributed by atoms with van der Waals surface area (Å²) < 4.78 is 10.2. The molecule has 14 heavy (non-hydrogen) atoms. The molecule has 0 heterocycles. The van der Waals surface area contributed by atoms with Gasteiger partial charge in [0.05, 0.1) is 13.7 Å². The number of carbonyl (C=O) groups excluding carboxylic acids is 1. The number of hydrogen-bond acceptors (Lipinski definition) is 4. The highest BCUT2D eigenvalue weighted by Gasteiger charge is 2.13. The van der Waals surface area contributed by atoms with Gasteiger partial charge in [0, 0.05) is 0 Å². The molecule has 0 radical (unpaired) electrons. The Balaban J connectivity index is 3.25. The van der Waals surface area contributed by atoms with Crippen LogP contribution in [0.15, 0.2) is 12.1 Å². The lowest BCUT2D eigenvalue weighted by atomic mass is 10.2. The Bertz CT molecular complexity index is 333. The van der Waals surface area contributed by atoms with Crippen molar-refractivity contribution in [2.24, 2.45) is 0 Å². The molecule has 0 saturated heterocycles. The standard InChI is InChI=1S/C10H12O4/c1-3-14-9-5-4-8(12)7(6-11)10(9)13-2/h4-6,12H,3H2,1-2H3. The van der Waals surface area contributed by atoms with Crippen molar-refractivity contribution in [1.29, 1.82) is 0 Å². The number of methoxy groups -OCH3 is 1. The largest absolute Gasteiger partial charge is 0.507 e. The van der Waals surface area contributed by atoms with Crippen LogP contribution in [0.25, 0.3) is 0 Å². The predicted molar refractivity (Wildman–Crippen MR) is 51.2 cm³/mol. The SMILES string of the molecule is CCOc1ccc(O)c(C=O)c1OC. The average Bonchev–Trinajstić information content (AvgIpc) is 2.20. The molecule has 1 aromatic rings. The lowest BCUT2D eigenvalue weighted by Crippen LogP contribution is -1.98. The maximum Gasteiger partial charge on any atom is 0.175 e. The van der Waals surface area contributed by atoms with Gasteiger partial charge in [-0.05, 0) is 19.1 Å². The Hall–Kier alpha value is -1.71. The van der Waals surface area contributed by atoms with Gasteiger partial charge < -0.3 is 14.6 Å². The maximum absolute atomic E-state index is 10.7. The second kappa shape index (κ2) is 4.50. The zero-order chi connectivity index (χ0) is 10.6. The van der Waals surface area contributed by atoms with Crippen molar-refractivity contribution in [3.8, 4) is 17.2 Å². The summed E-state index contributed by atoms with van der Waals surface area (Å²) in [6, 6.07) is 2.96. The highest BCUT2D eigenvalue weighted by molar-refractivity contribution is 5.85. The summed E-state index contributed by atoms with van der Waals surface area (Å²) in [6.07, 6.45) is 0.538. The summed E-state index contributed by atoms with van der Waals surface area (Å²) in [5, 5.41) is 9.35. The summed E-state index contributed by atoms with van der Waals surface area (Å²) in [4.78, 5) is 10.7. The molecule has 0 fully saturated rings. The molecule has 0 saturated carbocycles. The molecule has 4 heteroatoms. The van der Waals surface area contributed by atoms with Crippen molar-refractivity contribution in [2.45, 2.75) is 6.92 Å². The van der Waals surface area contributed by atoms with Gasteiger partial charge in [0.1, 0.15) is 11.3 Å². The summed E-state index contributed by atoms with van der Waals surface area (Å²) in [6.45, 7) is 2.30. The smallest absolute Gasteiger partial charge is 0.175 e. The molecule has 0 aromatic heterocycles. The Morgan fingerprint density at radius 1 is 1.50 bits per heavy atom. The van der Waals surface area contributed by atoms with Gasteiger partial charge in [-0.2, -0.15) is 0 Å². The first-order valence-corrected chi connectivity index (χ1v) is 4.22. The van der Waals surface area contributed by atoms with Crippen LogP contribution in [-0.4, -0.2) is 25.1 Å². The molecule has 1 N–H and O–H groups in total. The van der Waals surface area contributed by atoms with E-state index in [0.717, 1.165) is 0 Å². The number of ether oxygens (including phenoxy) is 2. The second-order valence-electron chi connectivity index (χ2n) is 2.58. The van der Waals surface area contributed by atoms with E-state index in [1.807, 2.05) is 6.92 Å². The van der Waals surface area contributed by atoms with E-state index in [2.05, 4.69) is 0 Å². The van der Waals surface area contributed by atoms with Crippen molar-refractivity contribution in [3.63, 3.8) is 0 Å². The molecule has 76 valence electrons. The number of benzene rings is 1. The van der Waals surface area contributed by atoms with Crippen molar-refractivity contribution in [3.05, 3.63) is 17.7 Å². The van der Waals surface area contributed by atoms with Gasteiger partial charge >= 0.3 is 0 Å². The van der Waals surface area contributed by atoms with Gasteiger partial charge in [0.2, 0.25) is 0 Å². The number of rotatable bonds is 4. The van der Waals surface area contributed by atoms with Crippen molar-refractivity contribution in [1.82, 2.24) is 0 Å². The van der Waals surface area contributed by atoms with Gasteiger partial charge in [-0.1, -0.05) is 0 Å². The van der Waals surface area contributed by atoms with E-state index in [4.69, 9.17) is 9.47 Å². The van der Waals surface area contributed by atoms with Crippen LogP contribution in [0.2, 0.25) is 0 Å². The van der Waals surface area contributed by atoms with Gasteiger partial charge in [0.15, 0.2) is 17.8 Å². The fraction of sp³-hybridized carbons (Fsp3) is 0.300. The quantitative estimate of drug-likeness (QED) is 0.743. The highest BCUT2D eigenvalue weighted by atomic mass is 16.5. The summed E-state index contributed by atoms with van der Waals surface area (Å²) in [7, 11) is 1.42. The number of hydrogen-bond donors (Lipinski definition) is 1. The lowest BCUT2D eigenvalue weighted by molar-refractivity contribution is 0.111. The zero-order valence-electron chi connectivity index (χ0n) is 8.11. The van der Waals surface area contributed by atoms with E-state index >= 15 is 0 Å². The van der Waals surface area contributed by atoms with Gasteiger partial charge in [0.25, 0.3) is 0 Å². The molecular weight excluding hydrogens is 184 g/mol. The van der Waals surface area contributed by atoms with Crippen LogP contribution in [0, 0.1) is 0 Å². The Morgan fingerprint density at radius 2 is 2.21 bits per heavy atom. The third-order valence-corrected chi connectivity index (χ3v) is 1.76. The fourth-order valence-electron chi connectivity index (χ4n) is 1.16. The first kappa shape index (κ1) is 10.4. The van der Waals surface area contributed by atoms with Gasteiger partial charge in [-0.3, -0.25) is 4.79 Å². The van der Waals surface area contributed by atoms with E-state index in [0.29, 0.717) is 18.6 Å². The van der Waals surface area contributed by atoms with Crippen LogP contribution in [0.5, 0.6) is 17.2 Å². The molecule has 0 aliphatic rings. The highest BCUT2D eigenvalue weighted by Crippen LogP contribution is 2.35. The van der Waals surface area contributed by atoms with Gasteiger partial charge in [-0.25, -0.2) is 0 Å². The molecule has 0 aliphatic carbocycles. The minimum Gasteiger partial charge on any atom is -0.507 e. The second-order valence-corrected chi connectivity index (χ2v) is 2.58. The van der Waals surface area contributed by atoms with E-state index in [-0.39, 0.29) is 17.1 Å². The fourth-order valence-corrected chi connectivity index (χ4v) is 1.16. The van der Waals surface area contributed by atoms with E-state index in [1.165, 1.54) is 13.2 Å². The molecule has 0 amide bonds. The molecule has 0 spiro atoms. The molecule has 0 bridgehead atoms. The molecule has 1 aromatic carbocycles. The number of phenolic OH excluding ortho intramolecular Hbond substituents is 1. The van der Waals surface area contributed by atoms with E-state index < -0.39 is 0 Å². The summed E-state index contributed by atoms with van der Waals surface area (Å²) in [5.41, 5.74) is 0.110. The third kappa shape index (κ3) is 1.79. The monoisotopic (exact) mass is 196 g/mol. The number of aldehydes is 1. The third-order valence-electron chi connectivity index (χ3n) is 1.76. The average molecular weight is 196 g/mol. The van der Waals surface area contributed by atoms with Crippen LogP contribution < -0.4 is 9.47 Å². The minimum absolute atomic E-state index is 0.110. The van der Waals surface area contributed by atoms with Crippen LogP contribution in [0.4, 0.5) is 0 Å². The Labute approximate surface area is 82.1 Å². The zero-order valence-corrected chi connectivity index (χ0v) is 8.11. The molecule has 0 aliphatic heterocycles. The van der Waals surface area contributed by atoms with E-state index in [1.54, 1.807) is 6.07 Å². The number of phenols is 1. The normalized spacial score (nSPS) is 9.57. The molecular formula is C10H12O4. The van der Waals surface area contributed by atoms with Crippen LogP contribution in [0.3, 0.4) is 0 Å². The van der Waals surface area contributed by atoms with E-state index in [9.17, 15) is 9.90 Å². The summed E-state index contributed by atoms with van der Waals surface area (Å²) in [5.74, 6) is 0.608. The first-order chi connectivity index (χ1) is 6.74. The Morgan fingerprint density at radius 3 is 2.71 bits per heavy atom. The lowest BCUT2D eigenvalue weighted by Gasteiger charge is -2.11. The predicted octanol–water partition coefficient (Wildman–Crippen LogP) is 1.61. The minimum atomic E-state index is -0.111. The van der Waals surface area contributed by atoms with Crippen LogP contribution in [0.1, 0.15) is 17.3 Å². The topological polar surface area (TPSA) is 55.8 Å². The van der Waals surface area contributed by atoms with Crippen LogP contribution >= 0.6 is 0 Å².